The van der Waals surface area contributed by atoms with E-state index >= 15 is 0 Å². The van der Waals surface area contributed by atoms with Crippen molar-refractivity contribution in [2.45, 2.75) is 38.8 Å². The molecule has 1 aliphatic carbocycles. The van der Waals surface area contributed by atoms with E-state index in [0.717, 1.165) is 37.7 Å². The molecule has 0 radical (unpaired) electrons. The number of aromatic nitrogens is 3. The van der Waals surface area contributed by atoms with E-state index in [1.165, 1.54) is 12.8 Å². The lowest BCUT2D eigenvalue weighted by Gasteiger charge is -2.09. The fourth-order valence-corrected chi connectivity index (χ4v) is 1.87. The van der Waals surface area contributed by atoms with Crippen molar-refractivity contribution in [1.29, 1.82) is 0 Å². The number of nitrogens with zero attached hydrogens (tertiary/aromatic N) is 4. The lowest BCUT2D eigenvalue weighted by Crippen LogP contribution is -2.21. The molecule has 6 nitrogen and oxygen atoms in total. The predicted molar refractivity (Wildman–Crippen MR) is 72.4 cm³/mol. The van der Waals surface area contributed by atoms with Crippen LogP contribution in [0.15, 0.2) is 6.20 Å². The van der Waals surface area contributed by atoms with E-state index in [9.17, 15) is 4.79 Å². The Labute approximate surface area is 114 Å². The van der Waals surface area contributed by atoms with Crippen molar-refractivity contribution in [3.8, 4) is 0 Å². The zero-order valence-corrected chi connectivity index (χ0v) is 11.8. The topological polar surface area (TPSA) is 63.1 Å². The quantitative estimate of drug-likeness (QED) is 0.749. The maximum atomic E-state index is 11.4. The molecular weight excluding hydrogens is 242 g/mol. The molecule has 106 valence electrons. The second-order valence-corrected chi connectivity index (χ2v) is 5.44. The van der Waals surface area contributed by atoms with Crippen molar-refractivity contribution in [2.24, 2.45) is 5.92 Å². The van der Waals surface area contributed by atoms with Gasteiger partial charge in [-0.05, 0) is 31.7 Å². The van der Waals surface area contributed by atoms with Gasteiger partial charge in [-0.25, -0.2) is 0 Å². The van der Waals surface area contributed by atoms with Crippen molar-refractivity contribution >= 4 is 5.91 Å². The van der Waals surface area contributed by atoms with Crippen LogP contribution < -0.4 is 5.32 Å². The first-order chi connectivity index (χ1) is 9.15. The van der Waals surface area contributed by atoms with E-state index in [1.54, 1.807) is 19.0 Å². The van der Waals surface area contributed by atoms with Crippen molar-refractivity contribution < 1.29 is 4.79 Å². The van der Waals surface area contributed by atoms with E-state index in [0.29, 0.717) is 6.42 Å². The van der Waals surface area contributed by atoms with E-state index < -0.39 is 0 Å². The third-order valence-corrected chi connectivity index (χ3v) is 3.30. The number of amides is 1. The minimum Gasteiger partial charge on any atom is -0.349 e. The summed E-state index contributed by atoms with van der Waals surface area (Å²) in [6.07, 6.45) is 6.04. The Kier molecular flexibility index (Phi) is 4.90. The van der Waals surface area contributed by atoms with Crippen LogP contribution in [0.25, 0.3) is 0 Å². The second kappa shape index (κ2) is 6.65. The van der Waals surface area contributed by atoms with Gasteiger partial charge in [-0.3, -0.25) is 9.48 Å². The molecule has 0 aromatic carbocycles. The molecule has 1 heterocycles. The fourth-order valence-electron chi connectivity index (χ4n) is 1.87. The summed E-state index contributed by atoms with van der Waals surface area (Å²) in [5.41, 5.74) is 0.972. The summed E-state index contributed by atoms with van der Waals surface area (Å²) in [5, 5.41) is 11.6. The van der Waals surface area contributed by atoms with Gasteiger partial charge in [-0.15, -0.1) is 5.10 Å². The molecule has 0 atom stereocenters. The van der Waals surface area contributed by atoms with Gasteiger partial charge in [0, 0.05) is 39.8 Å². The van der Waals surface area contributed by atoms with Crippen LogP contribution in [-0.2, 0) is 17.9 Å². The molecule has 1 aromatic heterocycles. The van der Waals surface area contributed by atoms with Gasteiger partial charge in [0.05, 0.1) is 5.69 Å². The number of aryl methyl sites for hydroxylation is 1. The molecule has 1 aromatic rings. The van der Waals surface area contributed by atoms with Crippen LogP contribution in [0.1, 0.15) is 31.4 Å². The van der Waals surface area contributed by atoms with Gasteiger partial charge >= 0.3 is 0 Å². The first-order valence-electron chi connectivity index (χ1n) is 6.95. The van der Waals surface area contributed by atoms with Crippen LogP contribution in [0.2, 0.25) is 0 Å². The standard InChI is InChI=1S/C13H23N5O/c1-17(2)13(19)4-3-7-18-10-12(15-16-18)9-14-8-11-5-6-11/h10-11,14H,3-9H2,1-2H3. The van der Waals surface area contributed by atoms with E-state index in [2.05, 4.69) is 15.6 Å². The first-order valence-corrected chi connectivity index (χ1v) is 6.95. The van der Waals surface area contributed by atoms with Crippen molar-refractivity contribution in [3.63, 3.8) is 0 Å². The zero-order chi connectivity index (χ0) is 13.7. The van der Waals surface area contributed by atoms with Gasteiger partial charge in [0.25, 0.3) is 0 Å². The van der Waals surface area contributed by atoms with Crippen molar-refractivity contribution in [1.82, 2.24) is 25.2 Å². The molecule has 1 aliphatic rings. The number of hydrogen-bond donors (Lipinski definition) is 1. The molecule has 0 spiro atoms. The molecule has 1 fully saturated rings. The third-order valence-electron chi connectivity index (χ3n) is 3.30. The second-order valence-electron chi connectivity index (χ2n) is 5.44. The van der Waals surface area contributed by atoms with Crippen molar-refractivity contribution in [2.75, 3.05) is 20.6 Å². The van der Waals surface area contributed by atoms with Crippen LogP contribution in [0.3, 0.4) is 0 Å². The molecular formula is C13H23N5O. The van der Waals surface area contributed by atoms with Gasteiger partial charge in [-0.2, -0.15) is 0 Å². The maximum Gasteiger partial charge on any atom is 0.222 e. The largest absolute Gasteiger partial charge is 0.349 e. The number of carbonyl (C=O) groups excluding carboxylic acids is 1. The first kappa shape index (κ1) is 14.0. The summed E-state index contributed by atoms with van der Waals surface area (Å²) in [5.74, 6) is 1.04. The minimum atomic E-state index is 0.159. The summed E-state index contributed by atoms with van der Waals surface area (Å²) >= 11 is 0. The Balaban J connectivity index is 1.63. The van der Waals surface area contributed by atoms with Crippen LogP contribution in [0, 0.1) is 5.92 Å². The lowest BCUT2D eigenvalue weighted by atomic mass is 10.3. The lowest BCUT2D eigenvalue weighted by molar-refractivity contribution is -0.128. The van der Waals surface area contributed by atoms with Gasteiger partial charge < -0.3 is 10.2 Å². The van der Waals surface area contributed by atoms with Gasteiger partial charge in [0.15, 0.2) is 0 Å². The number of nitrogens with one attached hydrogen (secondary N) is 1. The summed E-state index contributed by atoms with van der Waals surface area (Å²) in [7, 11) is 3.56. The van der Waals surface area contributed by atoms with Crippen LogP contribution >= 0.6 is 0 Å². The number of hydrogen-bond acceptors (Lipinski definition) is 4. The van der Waals surface area contributed by atoms with Gasteiger partial charge in [0.2, 0.25) is 5.91 Å². The molecule has 6 heteroatoms. The smallest absolute Gasteiger partial charge is 0.222 e. The average molecular weight is 265 g/mol. The maximum absolute atomic E-state index is 11.4. The Morgan fingerprint density at radius 2 is 2.32 bits per heavy atom. The van der Waals surface area contributed by atoms with Crippen LogP contribution in [-0.4, -0.2) is 46.4 Å². The zero-order valence-electron chi connectivity index (χ0n) is 11.8. The summed E-state index contributed by atoms with van der Waals surface area (Å²) < 4.78 is 1.82. The predicted octanol–water partition coefficient (Wildman–Crippen LogP) is 0.646. The Hall–Kier alpha value is -1.43. The minimum absolute atomic E-state index is 0.159. The normalized spacial score (nSPS) is 14.6. The SMILES string of the molecule is CN(C)C(=O)CCCn1cc(CNCC2CC2)nn1. The highest BCUT2D eigenvalue weighted by atomic mass is 16.2. The molecule has 0 saturated heterocycles. The molecule has 2 rings (SSSR count). The molecule has 1 amide bonds. The van der Waals surface area contributed by atoms with Crippen LogP contribution in [0.4, 0.5) is 0 Å². The monoisotopic (exact) mass is 265 g/mol. The molecule has 1 saturated carbocycles. The molecule has 0 aliphatic heterocycles. The van der Waals surface area contributed by atoms with Crippen LogP contribution in [0.5, 0.6) is 0 Å². The molecule has 0 bridgehead atoms. The average Bonchev–Trinajstić information content (AvgIpc) is 3.08. The molecule has 19 heavy (non-hydrogen) atoms. The molecule has 1 N–H and O–H groups in total. The third kappa shape index (κ3) is 4.98. The number of rotatable bonds is 8. The summed E-state index contributed by atoms with van der Waals surface area (Å²) in [6.45, 7) is 2.62. The summed E-state index contributed by atoms with van der Waals surface area (Å²) in [4.78, 5) is 13.0. The van der Waals surface area contributed by atoms with E-state index in [1.807, 2.05) is 10.9 Å². The highest BCUT2D eigenvalue weighted by Crippen LogP contribution is 2.27. The molecule has 0 unspecified atom stereocenters. The van der Waals surface area contributed by atoms with E-state index in [-0.39, 0.29) is 5.91 Å². The van der Waals surface area contributed by atoms with Gasteiger partial charge in [0.1, 0.15) is 0 Å². The Morgan fingerprint density at radius 3 is 3.00 bits per heavy atom. The Morgan fingerprint density at radius 1 is 1.53 bits per heavy atom. The highest BCUT2D eigenvalue weighted by Gasteiger charge is 2.20. The van der Waals surface area contributed by atoms with E-state index in [4.69, 9.17) is 0 Å². The van der Waals surface area contributed by atoms with Gasteiger partial charge in [-0.1, -0.05) is 5.21 Å². The number of carbonyl (C=O) groups is 1. The highest BCUT2D eigenvalue weighted by molar-refractivity contribution is 5.75. The van der Waals surface area contributed by atoms with Crippen molar-refractivity contribution in [3.05, 3.63) is 11.9 Å². The fraction of sp³-hybridized carbons (Fsp3) is 0.769. The Bertz CT molecular complexity index is 411. The summed E-state index contributed by atoms with van der Waals surface area (Å²) in [6, 6.07) is 0.